The zero-order valence-electron chi connectivity index (χ0n) is 9.80. The van der Waals surface area contributed by atoms with E-state index in [0.717, 1.165) is 0 Å². The lowest BCUT2D eigenvalue weighted by Crippen LogP contribution is -2.54. The lowest BCUT2D eigenvalue weighted by Gasteiger charge is -2.22. The van der Waals surface area contributed by atoms with Gasteiger partial charge in [0.05, 0.1) is 0 Å². The quantitative estimate of drug-likeness (QED) is 0.709. The van der Waals surface area contributed by atoms with Crippen LogP contribution in [0.2, 0.25) is 0 Å². The monoisotopic (exact) mass is 268 g/mol. The molecule has 104 valence electrons. The van der Waals surface area contributed by atoms with E-state index in [0.29, 0.717) is 6.42 Å². The van der Waals surface area contributed by atoms with Crippen LogP contribution in [0.4, 0.5) is 18.0 Å². The van der Waals surface area contributed by atoms with E-state index in [1.807, 2.05) is 10.6 Å². The molecule has 0 saturated heterocycles. The molecule has 0 bridgehead atoms. The summed E-state index contributed by atoms with van der Waals surface area (Å²) in [6.07, 6.45) is -4.18. The molecule has 1 atom stereocenters. The molecule has 0 aromatic heterocycles. The second-order valence-corrected chi connectivity index (χ2v) is 4.36. The Morgan fingerprint density at radius 2 is 1.94 bits per heavy atom. The molecule has 0 heterocycles. The third kappa shape index (κ3) is 3.27. The van der Waals surface area contributed by atoms with Gasteiger partial charge in [0.1, 0.15) is 11.6 Å². The third-order valence-electron chi connectivity index (χ3n) is 2.83. The fraction of sp³-hybridized carbons (Fsp3) is 0.800. The Labute approximate surface area is 102 Å². The SMILES string of the molecule is CCC[C@H](NC(=O)NC1(C(F)(F)F)CC1)C(=O)O. The molecule has 5 nitrogen and oxygen atoms in total. The molecule has 1 rings (SSSR count). The number of halogens is 3. The first-order chi connectivity index (χ1) is 8.22. The number of carboxylic acid groups (broad SMARTS) is 1. The Morgan fingerprint density at radius 1 is 1.39 bits per heavy atom. The molecular formula is C10H15F3N2O3. The third-order valence-corrected chi connectivity index (χ3v) is 2.83. The van der Waals surface area contributed by atoms with E-state index < -0.39 is 29.8 Å². The molecule has 8 heteroatoms. The Balaban J connectivity index is 2.54. The van der Waals surface area contributed by atoms with Crippen molar-refractivity contribution in [2.45, 2.75) is 50.4 Å². The van der Waals surface area contributed by atoms with Crippen molar-refractivity contribution >= 4 is 12.0 Å². The van der Waals surface area contributed by atoms with Crippen LogP contribution in [0.15, 0.2) is 0 Å². The highest BCUT2D eigenvalue weighted by molar-refractivity contribution is 5.83. The van der Waals surface area contributed by atoms with Crippen molar-refractivity contribution in [3.05, 3.63) is 0 Å². The molecule has 0 unspecified atom stereocenters. The summed E-state index contributed by atoms with van der Waals surface area (Å²) < 4.78 is 37.6. The van der Waals surface area contributed by atoms with E-state index in [1.165, 1.54) is 0 Å². The van der Waals surface area contributed by atoms with Crippen molar-refractivity contribution in [2.75, 3.05) is 0 Å². The van der Waals surface area contributed by atoms with Gasteiger partial charge in [0.25, 0.3) is 0 Å². The minimum absolute atomic E-state index is 0.168. The lowest BCUT2D eigenvalue weighted by molar-refractivity contribution is -0.162. The van der Waals surface area contributed by atoms with Crippen molar-refractivity contribution in [3.8, 4) is 0 Å². The number of amides is 2. The summed E-state index contributed by atoms with van der Waals surface area (Å²) in [4.78, 5) is 22.1. The minimum atomic E-state index is -4.51. The van der Waals surface area contributed by atoms with Gasteiger partial charge in [-0.2, -0.15) is 13.2 Å². The summed E-state index contributed by atoms with van der Waals surface area (Å²) in [5, 5.41) is 12.6. The molecule has 3 N–H and O–H groups in total. The number of hydrogen-bond donors (Lipinski definition) is 3. The number of alkyl halides is 3. The minimum Gasteiger partial charge on any atom is -0.480 e. The lowest BCUT2D eigenvalue weighted by atomic mass is 10.2. The van der Waals surface area contributed by atoms with Gasteiger partial charge in [-0.25, -0.2) is 9.59 Å². The van der Waals surface area contributed by atoms with Gasteiger partial charge in [-0.1, -0.05) is 13.3 Å². The maximum Gasteiger partial charge on any atom is 0.411 e. The molecule has 1 aliphatic carbocycles. The van der Waals surface area contributed by atoms with Gasteiger partial charge in [-0.15, -0.1) is 0 Å². The van der Waals surface area contributed by atoms with Crippen LogP contribution in [0, 0.1) is 0 Å². The number of carboxylic acids is 1. The first-order valence-corrected chi connectivity index (χ1v) is 5.60. The van der Waals surface area contributed by atoms with E-state index in [2.05, 4.69) is 0 Å². The van der Waals surface area contributed by atoms with Crippen molar-refractivity contribution < 1.29 is 27.9 Å². The standard InChI is InChI=1S/C10H15F3N2O3/c1-2-3-6(7(16)17)14-8(18)15-9(4-5-9)10(11,12)13/h6H,2-5H2,1H3,(H,16,17)(H2,14,15,18)/t6-/m0/s1. The molecule has 0 aromatic rings. The fourth-order valence-corrected chi connectivity index (χ4v) is 1.56. The number of rotatable bonds is 5. The molecule has 0 radical (unpaired) electrons. The Bertz CT molecular complexity index is 340. The molecule has 18 heavy (non-hydrogen) atoms. The molecule has 0 spiro atoms. The zero-order chi connectivity index (χ0) is 14.0. The van der Waals surface area contributed by atoms with E-state index in [9.17, 15) is 22.8 Å². The normalized spacial score (nSPS) is 18.9. The van der Waals surface area contributed by atoms with E-state index in [1.54, 1.807) is 6.92 Å². The van der Waals surface area contributed by atoms with Crippen LogP contribution >= 0.6 is 0 Å². The average molecular weight is 268 g/mol. The molecule has 1 fully saturated rings. The van der Waals surface area contributed by atoms with Gasteiger partial charge in [0.2, 0.25) is 0 Å². The molecule has 1 saturated carbocycles. The fourth-order valence-electron chi connectivity index (χ4n) is 1.56. The van der Waals surface area contributed by atoms with Crippen molar-refractivity contribution in [3.63, 3.8) is 0 Å². The predicted octanol–water partition coefficient (Wildman–Crippen LogP) is 1.63. The molecule has 2 amide bonds. The van der Waals surface area contributed by atoms with Crippen molar-refractivity contribution in [1.29, 1.82) is 0 Å². The number of carbonyl (C=O) groups excluding carboxylic acids is 1. The summed E-state index contributed by atoms with van der Waals surface area (Å²) in [6, 6.07) is -2.26. The zero-order valence-corrected chi connectivity index (χ0v) is 9.80. The average Bonchev–Trinajstić information content (AvgIpc) is 2.97. The highest BCUT2D eigenvalue weighted by atomic mass is 19.4. The van der Waals surface area contributed by atoms with E-state index >= 15 is 0 Å². The highest BCUT2D eigenvalue weighted by Crippen LogP contribution is 2.48. The second kappa shape index (κ2) is 5.03. The summed E-state index contributed by atoms with van der Waals surface area (Å²) in [7, 11) is 0. The number of hydrogen-bond acceptors (Lipinski definition) is 2. The van der Waals surface area contributed by atoms with Gasteiger partial charge in [-0.3, -0.25) is 0 Å². The van der Waals surface area contributed by atoms with E-state index in [4.69, 9.17) is 5.11 Å². The first-order valence-electron chi connectivity index (χ1n) is 5.60. The van der Waals surface area contributed by atoms with Crippen LogP contribution in [-0.2, 0) is 4.79 Å². The van der Waals surface area contributed by atoms with E-state index in [-0.39, 0.29) is 19.3 Å². The molecule has 0 aromatic carbocycles. The van der Waals surface area contributed by atoms with Gasteiger partial charge in [-0.05, 0) is 19.3 Å². The summed E-state index contributed by atoms with van der Waals surface area (Å²) in [6.45, 7) is 1.72. The van der Waals surface area contributed by atoms with Crippen LogP contribution in [0.5, 0.6) is 0 Å². The second-order valence-electron chi connectivity index (χ2n) is 4.36. The number of nitrogens with one attached hydrogen (secondary N) is 2. The number of carbonyl (C=O) groups is 2. The van der Waals surface area contributed by atoms with Crippen molar-refractivity contribution in [1.82, 2.24) is 10.6 Å². The molecule has 1 aliphatic rings. The van der Waals surface area contributed by atoms with Crippen LogP contribution in [-0.4, -0.2) is 34.9 Å². The Morgan fingerprint density at radius 3 is 2.28 bits per heavy atom. The largest absolute Gasteiger partial charge is 0.480 e. The van der Waals surface area contributed by atoms with Crippen LogP contribution in [0.3, 0.4) is 0 Å². The van der Waals surface area contributed by atoms with Gasteiger partial charge >= 0.3 is 18.2 Å². The maximum atomic E-state index is 12.5. The molecular weight excluding hydrogens is 253 g/mol. The van der Waals surface area contributed by atoms with Crippen LogP contribution in [0.1, 0.15) is 32.6 Å². The first kappa shape index (κ1) is 14.6. The number of urea groups is 1. The maximum absolute atomic E-state index is 12.5. The Kier molecular flexibility index (Phi) is 4.08. The predicted molar refractivity (Wildman–Crippen MR) is 56.0 cm³/mol. The summed E-state index contributed by atoms with van der Waals surface area (Å²) in [5.41, 5.74) is -2.17. The van der Waals surface area contributed by atoms with Gasteiger partial charge < -0.3 is 15.7 Å². The number of aliphatic carboxylic acids is 1. The topological polar surface area (TPSA) is 78.4 Å². The Hall–Kier alpha value is -1.47. The highest BCUT2D eigenvalue weighted by Gasteiger charge is 2.64. The van der Waals surface area contributed by atoms with Crippen LogP contribution < -0.4 is 10.6 Å². The van der Waals surface area contributed by atoms with Gasteiger partial charge in [0.15, 0.2) is 0 Å². The van der Waals surface area contributed by atoms with Gasteiger partial charge in [0, 0.05) is 0 Å². The summed E-state index contributed by atoms with van der Waals surface area (Å²) in [5.74, 6) is -1.26. The van der Waals surface area contributed by atoms with Crippen LogP contribution in [0.25, 0.3) is 0 Å². The molecule has 0 aliphatic heterocycles. The smallest absolute Gasteiger partial charge is 0.411 e. The summed E-state index contributed by atoms with van der Waals surface area (Å²) >= 11 is 0. The van der Waals surface area contributed by atoms with Crippen molar-refractivity contribution in [2.24, 2.45) is 0 Å².